The molecule has 180 valence electrons. The Hall–Kier alpha value is -3.83. The van der Waals surface area contributed by atoms with E-state index in [1.54, 1.807) is 19.1 Å². The van der Waals surface area contributed by atoms with Crippen LogP contribution in [0.3, 0.4) is 0 Å². The number of benzene rings is 2. The predicted octanol–water partition coefficient (Wildman–Crippen LogP) is 4.15. The molecule has 0 aliphatic carbocycles. The van der Waals surface area contributed by atoms with Crippen LogP contribution in [0.5, 0.6) is 5.75 Å². The highest BCUT2D eigenvalue weighted by atomic mass is 19.1. The van der Waals surface area contributed by atoms with E-state index >= 15 is 0 Å². The van der Waals surface area contributed by atoms with Gasteiger partial charge in [0, 0.05) is 42.4 Å². The molecular formula is C27H24F3N3O2. The molecule has 2 aromatic carbocycles. The number of aryl methyl sites for hydroxylation is 1. The van der Waals surface area contributed by atoms with Crippen molar-refractivity contribution >= 4 is 5.91 Å². The van der Waals surface area contributed by atoms with Gasteiger partial charge in [-0.1, -0.05) is 24.0 Å². The summed E-state index contributed by atoms with van der Waals surface area (Å²) in [5.74, 6) is 4.52. The van der Waals surface area contributed by atoms with Gasteiger partial charge >= 0.3 is 0 Å². The summed E-state index contributed by atoms with van der Waals surface area (Å²) in [5.41, 5.74) is 1.88. The van der Waals surface area contributed by atoms with Crippen LogP contribution in [0, 0.1) is 36.3 Å². The zero-order valence-electron chi connectivity index (χ0n) is 19.1. The summed E-state index contributed by atoms with van der Waals surface area (Å²) in [6.07, 6.45) is 0. The van der Waals surface area contributed by atoms with Gasteiger partial charge in [-0.05, 0) is 55.0 Å². The van der Waals surface area contributed by atoms with E-state index in [0.717, 1.165) is 12.1 Å². The number of rotatable bonds is 6. The van der Waals surface area contributed by atoms with Gasteiger partial charge in [0.1, 0.15) is 29.8 Å². The third-order valence-electron chi connectivity index (χ3n) is 5.74. The number of aromatic hydroxyl groups is 1. The molecule has 0 radical (unpaired) electrons. The Balaban J connectivity index is 1.58. The predicted molar refractivity (Wildman–Crippen MR) is 126 cm³/mol. The number of halogens is 3. The molecule has 0 bridgehead atoms. The SMILES string of the molecule is Cc1cc(C#CC2CN(CCF)C2)cc(C(=O)NC(c2ccc(F)cc2)c2cc(F)ccc2O)n1. The van der Waals surface area contributed by atoms with Gasteiger partial charge in [-0.2, -0.15) is 0 Å². The Bertz CT molecular complexity index is 1280. The van der Waals surface area contributed by atoms with E-state index in [-0.39, 0.29) is 29.6 Å². The molecule has 1 saturated heterocycles. The third-order valence-corrected chi connectivity index (χ3v) is 5.74. The van der Waals surface area contributed by atoms with Gasteiger partial charge in [-0.15, -0.1) is 0 Å². The fraction of sp³-hybridized carbons (Fsp3) is 0.259. The normalized spacial score (nSPS) is 14.5. The summed E-state index contributed by atoms with van der Waals surface area (Å²) >= 11 is 0. The van der Waals surface area contributed by atoms with Gasteiger partial charge in [-0.25, -0.2) is 18.2 Å². The number of amides is 1. The van der Waals surface area contributed by atoms with Crippen molar-refractivity contribution in [3.05, 3.63) is 94.3 Å². The van der Waals surface area contributed by atoms with Crippen LogP contribution in [-0.4, -0.2) is 47.2 Å². The van der Waals surface area contributed by atoms with Gasteiger partial charge in [0.15, 0.2) is 0 Å². The molecule has 2 heterocycles. The number of pyridine rings is 1. The smallest absolute Gasteiger partial charge is 0.270 e. The number of carbonyl (C=O) groups is 1. The topological polar surface area (TPSA) is 65.5 Å². The number of phenolic OH excluding ortho intramolecular Hbond substituents is 1. The molecule has 1 fully saturated rings. The van der Waals surface area contributed by atoms with E-state index in [4.69, 9.17) is 0 Å². The number of carbonyl (C=O) groups excluding carboxylic acids is 1. The minimum atomic E-state index is -0.952. The maximum atomic E-state index is 14.0. The maximum absolute atomic E-state index is 14.0. The van der Waals surface area contributed by atoms with Crippen LogP contribution >= 0.6 is 0 Å². The number of nitrogens with zero attached hydrogens (tertiary/aromatic N) is 2. The van der Waals surface area contributed by atoms with Crippen molar-refractivity contribution in [1.82, 2.24) is 15.2 Å². The van der Waals surface area contributed by atoms with E-state index < -0.39 is 23.6 Å². The van der Waals surface area contributed by atoms with E-state index in [0.29, 0.717) is 36.5 Å². The summed E-state index contributed by atoms with van der Waals surface area (Å²) in [5, 5.41) is 13.1. The molecule has 1 unspecified atom stereocenters. The molecule has 1 amide bonds. The number of nitrogens with one attached hydrogen (secondary N) is 1. The molecule has 5 nitrogen and oxygen atoms in total. The Morgan fingerprint density at radius 2 is 1.86 bits per heavy atom. The molecule has 1 atom stereocenters. The summed E-state index contributed by atoms with van der Waals surface area (Å²) in [6.45, 7) is 3.20. The first kappa shape index (κ1) is 24.3. The molecule has 2 N–H and O–H groups in total. The number of hydrogen-bond donors (Lipinski definition) is 2. The molecule has 4 rings (SSSR count). The molecule has 35 heavy (non-hydrogen) atoms. The van der Waals surface area contributed by atoms with Crippen LogP contribution in [0.4, 0.5) is 13.2 Å². The fourth-order valence-electron chi connectivity index (χ4n) is 3.96. The number of hydrogen-bond acceptors (Lipinski definition) is 4. The van der Waals surface area contributed by atoms with Gasteiger partial charge in [-0.3, -0.25) is 9.69 Å². The summed E-state index contributed by atoms with van der Waals surface area (Å²) < 4.78 is 39.9. The number of likely N-dealkylation sites (tertiary alicyclic amines) is 1. The molecule has 0 spiro atoms. The molecule has 8 heteroatoms. The molecule has 1 aliphatic heterocycles. The lowest BCUT2D eigenvalue weighted by atomic mass is 9.97. The van der Waals surface area contributed by atoms with Gasteiger partial charge in [0.25, 0.3) is 5.91 Å². The van der Waals surface area contributed by atoms with Crippen molar-refractivity contribution in [2.45, 2.75) is 13.0 Å². The average Bonchev–Trinajstić information content (AvgIpc) is 2.81. The van der Waals surface area contributed by atoms with Crippen LogP contribution in [-0.2, 0) is 0 Å². The zero-order chi connectivity index (χ0) is 24.9. The van der Waals surface area contributed by atoms with Crippen LogP contribution in [0.2, 0.25) is 0 Å². The number of aromatic nitrogens is 1. The monoisotopic (exact) mass is 479 g/mol. The first-order chi connectivity index (χ1) is 16.8. The molecule has 1 aliphatic rings. The Kier molecular flexibility index (Phi) is 7.37. The molecule has 0 saturated carbocycles. The lowest BCUT2D eigenvalue weighted by molar-refractivity contribution is 0.0937. The van der Waals surface area contributed by atoms with E-state index in [2.05, 4.69) is 22.1 Å². The minimum absolute atomic E-state index is 0.102. The van der Waals surface area contributed by atoms with Crippen molar-refractivity contribution in [2.75, 3.05) is 26.3 Å². The van der Waals surface area contributed by atoms with Crippen LogP contribution in [0.15, 0.2) is 54.6 Å². The molecule has 1 aromatic heterocycles. The first-order valence-electron chi connectivity index (χ1n) is 11.2. The van der Waals surface area contributed by atoms with Crippen LogP contribution in [0.1, 0.15) is 38.9 Å². The van der Waals surface area contributed by atoms with Crippen molar-refractivity contribution in [3.8, 4) is 17.6 Å². The van der Waals surface area contributed by atoms with Crippen molar-refractivity contribution < 1.29 is 23.1 Å². The van der Waals surface area contributed by atoms with Crippen molar-refractivity contribution in [3.63, 3.8) is 0 Å². The largest absolute Gasteiger partial charge is 0.508 e. The van der Waals surface area contributed by atoms with Gasteiger partial charge in [0.05, 0.1) is 6.04 Å². The van der Waals surface area contributed by atoms with Gasteiger partial charge in [0.2, 0.25) is 0 Å². The van der Waals surface area contributed by atoms with E-state index in [1.807, 2.05) is 4.90 Å². The van der Waals surface area contributed by atoms with Crippen LogP contribution in [0.25, 0.3) is 0 Å². The minimum Gasteiger partial charge on any atom is -0.508 e. The standard InChI is InChI=1S/C27H24F3N3O2/c1-17-12-18(2-3-19-15-33(16-19)11-10-28)13-24(31-17)27(35)32-26(20-4-6-21(29)7-5-20)23-14-22(30)8-9-25(23)34/h4-9,12-14,19,26,34H,10-11,15-16H2,1H3,(H,32,35). The van der Waals surface area contributed by atoms with E-state index in [9.17, 15) is 23.1 Å². The maximum Gasteiger partial charge on any atom is 0.270 e. The molecule has 3 aromatic rings. The summed E-state index contributed by atoms with van der Waals surface area (Å²) in [7, 11) is 0. The second-order valence-corrected chi connectivity index (χ2v) is 8.46. The zero-order valence-corrected chi connectivity index (χ0v) is 19.1. The highest BCUT2D eigenvalue weighted by molar-refractivity contribution is 5.93. The highest BCUT2D eigenvalue weighted by Crippen LogP contribution is 2.30. The lowest BCUT2D eigenvalue weighted by Crippen LogP contribution is -2.46. The number of alkyl halides is 1. The Morgan fingerprint density at radius 1 is 1.14 bits per heavy atom. The average molecular weight is 480 g/mol. The second kappa shape index (κ2) is 10.6. The van der Waals surface area contributed by atoms with Crippen molar-refractivity contribution in [2.24, 2.45) is 5.92 Å². The van der Waals surface area contributed by atoms with Gasteiger partial charge < -0.3 is 10.4 Å². The Labute approximate surface area is 201 Å². The summed E-state index contributed by atoms with van der Waals surface area (Å²) in [4.78, 5) is 19.5. The Morgan fingerprint density at radius 3 is 2.57 bits per heavy atom. The quantitative estimate of drug-likeness (QED) is 0.522. The lowest BCUT2D eigenvalue weighted by Gasteiger charge is -2.35. The molecular weight excluding hydrogens is 455 g/mol. The number of phenols is 1. The summed E-state index contributed by atoms with van der Waals surface area (Å²) in [6, 6.07) is 11.1. The first-order valence-corrected chi connectivity index (χ1v) is 11.2. The third kappa shape index (κ3) is 6.00. The fourth-order valence-corrected chi connectivity index (χ4v) is 3.96. The van der Waals surface area contributed by atoms with Crippen LogP contribution < -0.4 is 5.32 Å². The second-order valence-electron chi connectivity index (χ2n) is 8.46. The van der Waals surface area contributed by atoms with E-state index in [1.165, 1.54) is 30.3 Å². The highest BCUT2D eigenvalue weighted by Gasteiger charge is 2.25. The van der Waals surface area contributed by atoms with Crippen molar-refractivity contribution in [1.29, 1.82) is 0 Å².